The van der Waals surface area contributed by atoms with Crippen LogP contribution in [0.15, 0.2) is 54.9 Å². The number of aromatic amines is 1. The predicted molar refractivity (Wildman–Crippen MR) is 154 cm³/mol. The van der Waals surface area contributed by atoms with E-state index in [4.69, 9.17) is 4.74 Å². The summed E-state index contributed by atoms with van der Waals surface area (Å²) in [4.78, 5) is 37.9. The highest BCUT2D eigenvalue weighted by atomic mass is 16.5. The molecule has 1 fully saturated rings. The Kier molecular flexibility index (Phi) is 8.20. The van der Waals surface area contributed by atoms with Gasteiger partial charge in [-0.05, 0) is 75.8 Å². The fourth-order valence-electron chi connectivity index (χ4n) is 4.70. The third-order valence-electron chi connectivity index (χ3n) is 6.81. The van der Waals surface area contributed by atoms with Crippen molar-refractivity contribution < 1.29 is 14.3 Å². The van der Waals surface area contributed by atoms with E-state index in [1.54, 1.807) is 42.7 Å². The number of fused-ring (bicyclic) bond motifs is 1. The molecule has 3 aromatic heterocycles. The van der Waals surface area contributed by atoms with Gasteiger partial charge in [-0.2, -0.15) is 5.10 Å². The summed E-state index contributed by atoms with van der Waals surface area (Å²) in [5.41, 5.74) is 2.10. The zero-order valence-electron chi connectivity index (χ0n) is 23.0. The van der Waals surface area contributed by atoms with E-state index in [0.717, 1.165) is 36.9 Å². The first-order chi connectivity index (χ1) is 19.4. The van der Waals surface area contributed by atoms with Gasteiger partial charge in [0, 0.05) is 56.1 Å². The molecule has 3 N–H and O–H groups in total. The second-order valence-electron chi connectivity index (χ2n) is 10.3. The van der Waals surface area contributed by atoms with E-state index in [9.17, 15) is 9.59 Å². The lowest BCUT2D eigenvalue weighted by Gasteiger charge is -2.33. The zero-order valence-corrected chi connectivity index (χ0v) is 23.0. The van der Waals surface area contributed by atoms with E-state index in [0.29, 0.717) is 47.3 Å². The zero-order chi connectivity index (χ0) is 28.1. The van der Waals surface area contributed by atoms with E-state index < -0.39 is 0 Å². The average Bonchev–Trinajstić information content (AvgIpc) is 3.36. The lowest BCUT2D eigenvalue weighted by Crippen LogP contribution is -2.45. The summed E-state index contributed by atoms with van der Waals surface area (Å²) < 4.78 is 6.21. The fourth-order valence-corrected chi connectivity index (χ4v) is 4.70. The van der Waals surface area contributed by atoms with Crippen LogP contribution >= 0.6 is 0 Å². The number of pyridine rings is 2. The second kappa shape index (κ2) is 12.1. The third-order valence-corrected chi connectivity index (χ3v) is 6.81. The standard InChI is InChI=1S/C29H34N8O3/c1-19-10-13-30-24(17-19)33-29(39)20-6-8-22(9-7-20)40-23-11-14-31-27-26(23)28(35-34-27)32-21-5-4-15-37(18-21)25(38)12-16-36(2)3/h6-11,13-14,17,21H,4-5,12,15-16,18H2,1-3H3,(H,30,33,39)(H2,31,32,34,35). The Morgan fingerprint density at radius 2 is 1.93 bits per heavy atom. The van der Waals surface area contributed by atoms with Crippen molar-refractivity contribution in [2.24, 2.45) is 0 Å². The minimum atomic E-state index is -0.251. The highest BCUT2D eigenvalue weighted by Crippen LogP contribution is 2.33. The van der Waals surface area contributed by atoms with Gasteiger partial charge in [-0.25, -0.2) is 9.97 Å². The molecule has 1 saturated heterocycles. The summed E-state index contributed by atoms with van der Waals surface area (Å²) >= 11 is 0. The summed E-state index contributed by atoms with van der Waals surface area (Å²) in [5.74, 6) is 2.21. The molecule has 40 heavy (non-hydrogen) atoms. The number of nitrogens with one attached hydrogen (secondary N) is 3. The monoisotopic (exact) mass is 542 g/mol. The lowest BCUT2D eigenvalue weighted by atomic mass is 10.0. The highest BCUT2D eigenvalue weighted by Gasteiger charge is 2.25. The van der Waals surface area contributed by atoms with Gasteiger partial charge in [0.1, 0.15) is 22.7 Å². The van der Waals surface area contributed by atoms with Crippen LogP contribution in [-0.2, 0) is 4.79 Å². The SMILES string of the molecule is Cc1ccnc(NC(=O)c2ccc(Oc3ccnc4[nH]nc(NC5CCCN(C(=O)CCN(C)C)C5)c34)cc2)c1. The number of hydrogen-bond acceptors (Lipinski definition) is 8. The molecule has 0 saturated carbocycles. The molecule has 0 spiro atoms. The molecule has 4 heterocycles. The topological polar surface area (TPSA) is 128 Å². The molecular weight excluding hydrogens is 508 g/mol. The normalized spacial score (nSPS) is 15.3. The molecule has 0 radical (unpaired) electrons. The molecule has 1 aromatic carbocycles. The molecule has 5 rings (SSSR count). The number of H-pyrrole nitrogens is 1. The van der Waals surface area contributed by atoms with Crippen molar-refractivity contribution in [2.45, 2.75) is 32.2 Å². The Hall–Kier alpha value is -4.51. The number of benzene rings is 1. The number of ether oxygens (including phenoxy) is 1. The van der Waals surface area contributed by atoms with Crippen LogP contribution in [0.2, 0.25) is 0 Å². The largest absolute Gasteiger partial charge is 0.456 e. The number of piperidine rings is 1. The number of carbonyl (C=O) groups is 2. The van der Waals surface area contributed by atoms with E-state index in [-0.39, 0.29) is 17.9 Å². The van der Waals surface area contributed by atoms with Crippen LogP contribution in [-0.4, -0.2) is 81.6 Å². The average molecular weight is 543 g/mol. The van der Waals surface area contributed by atoms with Gasteiger partial charge in [-0.3, -0.25) is 14.7 Å². The van der Waals surface area contributed by atoms with Crippen molar-refractivity contribution >= 4 is 34.5 Å². The lowest BCUT2D eigenvalue weighted by molar-refractivity contribution is -0.132. The molecule has 1 aliphatic rings. The molecule has 208 valence electrons. The van der Waals surface area contributed by atoms with Gasteiger partial charge in [0.15, 0.2) is 11.5 Å². The van der Waals surface area contributed by atoms with Crippen molar-refractivity contribution in [1.29, 1.82) is 0 Å². The number of aromatic nitrogens is 4. The van der Waals surface area contributed by atoms with E-state index >= 15 is 0 Å². The molecule has 1 unspecified atom stereocenters. The van der Waals surface area contributed by atoms with Gasteiger partial charge in [-0.15, -0.1) is 0 Å². The van der Waals surface area contributed by atoms with Crippen molar-refractivity contribution in [2.75, 3.05) is 44.4 Å². The number of hydrogen-bond donors (Lipinski definition) is 3. The number of carbonyl (C=O) groups excluding carboxylic acids is 2. The van der Waals surface area contributed by atoms with Crippen molar-refractivity contribution in [3.8, 4) is 11.5 Å². The number of aryl methyl sites for hydroxylation is 1. The number of rotatable bonds is 9. The van der Waals surface area contributed by atoms with Crippen LogP contribution in [0.5, 0.6) is 11.5 Å². The predicted octanol–water partition coefficient (Wildman–Crippen LogP) is 4.06. The first kappa shape index (κ1) is 27.1. The van der Waals surface area contributed by atoms with Crippen LogP contribution in [0.25, 0.3) is 11.0 Å². The first-order valence-electron chi connectivity index (χ1n) is 13.4. The molecule has 11 nitrogen and oxygen atoms in total. The Morgan fingerprint density at radius 3 is 2.70 bits per heavy atom. The number of nitrogens with zero attached hydrogens (tertiary/aromatic N) is 5. The molecule has 1 atom stereocenters. The van der Waals surface area contributed by atoms with Crippen LogP contribution in [0.1, 0.15) is 35.2 Å². The number of amides is 2. The van der Waals surface area contributed by atoms with Crippen LogP contribution < -0.4 is 15.4 Å². The van der Waals surface area contributed by atoms with E-state index in [2.05, 4.69) is 30.8 Å². The smallest absolute Gasteiger partial charge is 0.256 e. The van der Waals surface area contributed by atoms with E-state index in [1.807, 2.05) is 43.0 Å². The minimum Gasteiger partial charge on any atom is -0.456 e. The van der Waals surface area contributed by atoms with Gasteiger partial charge >= 0.3 is 0 Å². The fraction of sp³-hybridized carbons (Fsp3) is 0.345. The Bertz CT molecular complexity index is 1480. The molecule has 2 amide bonds. The second-order valence-corrected chi connectivity index (χ2v) is 10.3. The summed E-state index contributed by atoms with van der Waals surface area (Å²) in [7, 11) is 3.94. The highest BCUT2D eigenvalue weighted by molar-refractivity contribution is 6.03. The minimum absolute atomic E-state index is 0.0669. The van der Waals surface area contributed by atoms with Gasteiger partial charge < -0.3 is 25.2 Å². The number of anilines is 2. The van der Waals surface area contributed by atoms with Crippen molar-refractivity contribution in [3.05, 3.63) is 66.0 Å². The van der Waals surface area contributed by atoms with Gasteiger partial charge in [0.05, 0.1) is 0 Å². The van der Waals surface area contributed by atoms with Gasteiger partial charge in [0.2, 0.25) is 5.91 Å². The third kappa shape index (κ3) is 6.55. The molecule has 4 aromatic rings. The summed E-state index contributed by atoms with van der Waals surface area (Å²) in [6.45, 7) is 4.08. The van der Waals surface area contributed by atoms with Crippen LogP contribution in [0.3, 0.4) is 0 Å². The maximum absolute atomic E-state index is 12.7. The Balaban J connectivity index is 1.27. The van der Waals surface area contributed by atoms with Crippen LogP contribution in [0.4, 0.5) is 11.6 Å². The van der Waals surface area contributed by atoms with Crippen molar-refractivity contribution in [3.63, 3.8) is 0 Å². The molecule has 1 aliphatic heterocycles. The molecule has 11 heteroatoms. The Labute approximate surface area is 232 Å². The summed E-state index contributed by atoms with van der Waals surface area (Å²) in [6.07, 6.45) is 5.68. The number of likely N-dealkylation sites (tertiary alicyclic amines) is 1. The van der Waals surface area contributed by atoms with E-state index in [1.165, 1.54) is 0 Å². The van der Waals surface area contributed by atoms with Gasteiger partial charge in [-0.1, -0.05) is 0 Å². The summed E-state index contributed by atoms with van der Waals surface area (Å²) in [5, 5.41) is 14.5. The summed E-state index contributed by atoms with van der Waals surface area (Å²) in [6, 6.07) is 12.4. The maximum Gasteiger partial charge on any atom is 0.256 e. The Morgan fingerprint density at radius 1 is 1.12 bits per heavy atom. The van der Waals surface area contributed by atoms with Crippen molar-refractivity contribution in [1.82, 2.24) is 30.0 Å². The molecular formula is C29H34N8O3. The van der Waals surface area contributed by atoms with Gasteiger partial charge in [0.25, 0.3) is 5.91 Å². The molecule has 0 aliphatic carbocycles. The van der Waals surface area contributed by atoms with Crippen LogP contribution in [0, 0.1) is 6.92 Å². The quantitative estimate of drug-likeness (QED) is 0.289. The molecule has 0 bridgehead atoms. The first-order valence-corrected chi connectivity index (χ1v) is 13.4. The maximum atomic E-state index is 12.7.